The predicted molar refractivity (Wildman–Crippen MR) is 99.4 cm³/mol. The van der Waals surface area contributed by atoms with Crippen LogP contribution in [0.5, 0.6) is 11.5 Å². The SMILES string of the molecule is CC[C@H](NC(=O)c1ccc(OCC(N)=O)c(OC)c1)c1ccc(C)cc1. The average Bonchev–Trinajstić information content (AvgIpc) is 2.64. The van der Waals surface area contributed by atoms with E-state index in [0.29, 0.717) is 17.1 Å². The Kier molecular flexibility index (Phi) is 6.60. The first-order valence-electron chi connectivity index (χ1n) is 8.41. The molecule has 2 rings (SSSR count). The molecule has 0 fully saturated rings. The van der Waals surface area contributed by atoms with Gasteiger partial charge in [0.1, 0.15) is 0 Å². The van der Waals surface area contributed by atoms with Gasteiger partial charge in [-0.3, -0.25) is 9.59 Å². The molecule has 138 valence electrons. The van der Waals surface area contributed by atoms with Gasteiger partial charge in [-0.2, -0.15) is 0 Å². The molecule has 0 radical (unpaired) electrons. The van der Waals surface area contributed by atoms with E-state index in [1.54, 1.807) is 18.2 Å². The van der Waals surface area contributed by atoms with Crippen molar-refractivity contribution in [1.82, 2.24) is 5.32 Å². The molecule has 0 spiro atoms. The molecular formula is C20H24N2O4. The lowest BCUT2D eigenvalue weighted by molar-refractivity contribution is -0.119. The summed E-state index contributed by atoms with van der Waals surface area (Å²) in [6.07, 6.45) is 0.770. The third kappa shape index (κ3) is 4.99. The van der Waals surface area contributed by atoms with Gasteiger partial charge in [0.2, 0.25) is 0 Å². The smallest absolute Gasteiger partial charge is 0.255 e. The first kappa shape index (κ1) is 19.3. The Morgan fingerprint density at radius 1 is 1.12 bits per heavy atom. The fraction of sp³-hybridized carbons (Fsp3) is 0.300. The molecule has 26 heavy (non-hydrogen) atoms. The van der Waals surface area contributed by atoms with Gasteiger partial charge in [0, 0.05) is 5.56 Å². The molecule has 0 unspecified atom stereocenters. The Labute approximate surface area is 153 Å². The number of nitrogens with two attached hydrogens (primary N) is 1. The highest BCUT2D eigenvalue weighted by molar-refractivity contribution is 5.95. The summed E-state index contributed by atoms with van der Waals surface area (Å²) in [5.74, 6) is -0.0781. The molecule has 2 aromatic rings. The van der Waals surface area contributed by atoms with E-state index in [2.05, 4.69) is 5.32 Å². The zero-order chi connectivity index (χ0) is 19.1. The lowest BCUT2D eigenvalue weighted by Crippen LogP contribution is -2.28. The van der Waals surface area contributed by atoms with Crippen molar-refractivity contribution in [2.45, 2.75) is 26.3 Å². The molecule has 6 heteroatoms. The van der Waals surface area contributed by atoms with Gasteiger partial charge in [0.05, 0.1) is 13.2 Å². The van der Waals surface area contributed by atoms with E-state index in [0.717, 1.165) is 12.0 Å². The third-order valence-electron chi connectivity index (χ3n) is 3.99. The number of hydrogen-bond donors (Lipinski definition) is 2. The van der Waals surface area contributed by atoms with Gasteiger partial charge < -0.3 is 20.5 Å². The van der Waals surface area contributed by atoms with Gasteiger partial charge in [0.25, 0.3) is 11.8 Å². The fourth-order valence-corrected chi connectivity index (χ4v) is 2.54. The van der Waals surface area contributed by atoms with Gasteiger partial charge in [-0.15, -0.1) is 0 Å². The highest BCUT2D eigenvalue weighted by atomic mass is 16.5. The van der Waals surface area contributed by atoms with Crippen molar-refractivity contribution in [3.8, 4) is 11.5 Å². The maximum absolute atomic E-state index is 12.6. The van der Waals surface area contributed by atoms with E-state index in [1.165, 1.54) is 12.7 Å². The topological polar surface area (TPSA) is 90.6 Å². The molecule has 3 N–H and O–H groups in total. The summed E-state index contributed by atoms with van der Waals surface area (Å²) < 4.78 is 10.5. The van der Waals surface area contributed by atoms with Gasteiger partial charge in [0.15, 0.2) is 18.1 Å². The molecule has 0 saturated heterocycles. The van der Waals surface area contributed by atoms with E-state index < -0.39 is 5.91 Å². The Morgan fingerprint density at radius 2 is 1.81 bits per heavy atom. The highest BCUT2D eigenvalue weighted by Gasteiger charge is 2.16. The number of methoxy groups -OCH3 is 1. The molecule has 0 aliphatic rings. The number of nitrogens with one attached hydrogen (secondary N) is 1. The van der Waals surface area contributed by atoms with E-state index >= 15 is 0 Å². The standard InChI is InChI=1S/C20H24N2O4/c1-4-16(14-7-5-13(2)6-8-14)22-20(24)15-9-10-17(18(11-15)25-3)26-12-19(21)23/h5-11,16H,4,12H2,1-3H3,(H2,21,23)(H,22,24)/t16-/m0/s1. The average molecular weight is 356 g/mol. The molecule has 2 amide bonds. The minimum atomic E-state index is -0.585. The number of carbonyl (C=O) groups is 2. The zero-order valence-corrected chi connectivity index (χ0v) is 15.2. The summed E-state index contributed by atoms with van der Waals surface area (Å²) in [5.41, 5.74) is 7.75. The lowest BCUT2D eigenvalue weighted by atomic mass is 10.0. The maximum atomic E-state index is 12.6. The van der Waals surface area contributed by atoms with Crippen molar-refractivity contribution >= 4 is 11.8 Å². The number of rotatable bonds is 8. The first-order chi connectivity index (χ1) is 12.4. The Balaban J connectivity index is 2.14. The maximum Gasteiger partial charge on any atom is 0.255 e. The van der Waals surface area contributed by atoms with Crippen LogP contribution in [0.2, 0.25) is 0 Å². The monoisotopic (exact) mass is 356 g/mol. The largest absolute Gasteiger partial charge is 0.493 e. The van der Waals surface area contributed by atoms with Crippen LogP contribution in [0.1, 0.15) is 40.9 Å². The molecule has 0 saturated carbocycles. The number of ether oxygens (including phenoxy) is 2. The van der Waals surface area contributed by atoms with Crippen LogP contribution in [-0.4, -0.2) is 25.5 Å². The number of carbonyl (C=O) groups excluding carboxylic acids is 2. The molecule has 0 heterocycles. The second kappa shape index (κ2) is 8.89. The number of amides is 2. The second-order valence-corrected chi connectivity index (χ2v) is 5.97. The summed E-state index contributed by atoms with van der Waals surface area (Å²) in [4.78, 5) is 23.5. The molecule has 6 nitrogen and oxygen atoms in total. The van der Waals surface area contributed by atoms with Crippen molar-refractivity contribution in [1.29, 1.82) is 0 Å². The summed E-state index contributed by atoms with van der Waals surface area (Å²) in [6, 6.07) is 12.8. The molecular weight excluding hydrogens is 332 g/mol. The third-order valence-corrected chi connectivity index (χ3v) is 3.99. The van der Waals surface area contributed by atoms with Crippen molar-refractivity contribution < 1.29 is 19.1 Å². The molecule has 0 aliphatic carbocycles. The van der Waals surface area contributed by atoms with E-state index in [-0.39, 0.29) is 18.6 Å². The van der Waals surface area contributed by atoms with Crippen LogP contribution in [0.3, 0.4) is 0 Å². The molecule has 2 aromatic carbocycles. The summed E-state index contributed by atoms with van der Waals surface area (Å²) >= 11 is 0. The molecule has 0 aromatic heterocycles. The highest BCUT2D eigenvalue weighted by Crippen LogP contribution is 2.28. The lowest BCUT2D eigenvalue weighted by Gasteiger charge is -2.18. The van der Waals surface area contributed by atoms with Crippen molar-refractivity contribution in [3.63, 3.8) is 0 Å². The van der Waals surface area contributed by atoms with Crippen LogP contribution in [0.15, 0.2) is 42.5 Å². The van der Waals surface area contributed by atoms with Crippen LogP contribution in [-0.2, 0) is 4.79 Å². The quantitative estimate of drug-likeness (QED) is 0.761. The van der Waals surface area contributed by atoms with Gasteiger partial charge in [-0.05, 0) is 37.1 Å². The normalized spacial score (nSPS) is 11.5. The number of hydrogen-bond acceptors (Lipinski definition) is 4. The van der Waals surface area contributed by atoms with Crippen LogP contribution in [0.25, 0.3) is 0 Å². The van der Waals surface area contributed by atoms with Crippen molar-refractivity contribution in [2.24, 2.45) is 5.73 Å². The summed E-state index contributed by atoms with van der Waals surface area (Å²) in [7, 11) is 1.47. The van der Waals surface area contributed by atoms with E-state index in [9.17, 15) is 9.59 Å². The minimum absolute atomic E-state index is 0.0834. The number of aryl methyl sites for hydroxylation is 1. The van der Waals surface area contributed by atoms with Crippen molar-refractivity contribution in [2.75, 3.05) is 13.7 Å². The number of primary amides is 1. The van der Waals surface area contributed by atoms with Crippen molar-refractivity contribution in [3.05, 3.63) is 59.2 Å². The van der Waals surface area contributed by atoms with Crippen LogP contribution in [0.4, 0.5) is 0 Å². The number of benzene rings is 2. The van der Waals surface area contributed by atoms with E-state index in [4.69, 9.17) is 15.2 Å². The first-order valence-corrected chi connectivity index (χ1v) is 8.41. The Hall–Kier alpha value is -3.02. The summed E-state index contributed by atoms with van der Waals surface area (Å²) in [6.45, 7) is 3.79. The predicted octanol–water partition coefficient (Wildman–Crippen LogP) is 2.75. The van der Waals surface area contributed by atoms with Crippen LogP contribution >= 0.6 is 0 Å². The van der Waals surface area contributed by atoms with Gasteiger partial charge in [-0.1, -0.05) is 36.8 Å². The second-order valence-electron chi connectivity index (χ2n) is 5.97. The van der Waals surface area contributed by atoms with Gasteiger partial charge in [-0.25, -0.2) is 0 Å². The molecule has 0 bridgehead atoms. The Bertz CT molecular complexity index is 772. The Morgan fingerprint density at radius 3 is 2.38 bits per heavy atom. The van der Waals surface area contributed by atoms with E-state index in [1.807, 2.05) is 38.1 Å². The van der Waals surface area contributed by atoms with Gasteiger partial charge >= 0.3 is 0 Å². The molecule has 1 atom stereocenters. The molecule has 0 aliphatic heterocycles. The van der Waals surface area contributed by atoms with Crippen LogP contribution in [0, 0.1) is 6.92 Å². The summed E-state index contributed by atoms with van der Waals surface area (Å²) in [5, 5.41) is 3.03. The minimum Gasteiger partial charge on any atom is -0.493 e. The zero-order valence-electron chi connectivity index (χ0n) is 15.2. The fourth-order valence-electron chi connectivity index (χ4n) is 2.54. The van der Waals surface area contributed by atoms with Crippen LogP contribution < -0.4 is 20.5 Å².